The molecule has 1 amide bonds. The molecule has 1 aromatic heterocycles. The van der Waals surface area contributed by atoms with Crippen molar-refractivity contribution in [3.8, 4) is 0 Å². The van der Waals surface area contributed by atoms with E-state index in [2.05, 4.69) is 37.8 Å². The number of likely N-dealkylation sites (tertiary alicyclic amines) is 1. The predicted molar refractivity (Wildman–Crippen MR) is 89.2 cm³/mol. The molecule has 0 N–H and O–H groups in total. The van der Waals surface area contributed by atoms with Gasteiger partial charge in [-0.3, -0.25) is 4.79 Å². The number of amides is 1. The minimum Gasteiger partial charge on any atom is -0.341 e. The summed E-state index contributed by atoms with van der Waals surface area (Å²) in [6.07, 6.45) is 5.07. The Morgan fingerprint density at radius 3 is 2.86 bits per heavy atom. The second-order valence-electron chi connectivity index (χ2n) is 6.56. The molecule has 2 rings (SSSR count). The summed E-state index contributed by atoms with van der Waals surface area (Å²) in [7, 11) is 4.17. The van der Waals surface area contributed by atoms with Gasteiger partial charge in [0.25, 0.3) is 0 Å². The van der Waals surface area contributed by atoms with Crippen LogP contribution in [0, 0.1) is 0 Å². The summed E-state index contributed by atoms with van der Waals surface area (Å²) < 4.78 is 1.99. The number of carbonyl (C=O) groups excluding carboxylic acids is 1. The van der Waals surface area contributed by atoms with Gasteiger partial charge in [-0.1, -0.05) is 11.6 Å². The zero-order valence-corrected chi connectivity index (χ0v) is 14.8. The molecule has 0 saturated carbocycles. The van der Waals surface area contributed by atoms with E-state index in [0.29, 0.717) is 24.0 Å². The van der Waals surface area contributed by atoms with Crippen LogP contribution in [0.2, 0.25) is 5.15 Å². The lowest BCUT2D eigenvalue weighted by atomic mass is 10.0. The van der Waals surface area contributed by atoms with Crippen LogP contribution in [0.3, 0.4) is 0 Å². The van der Waals surface area contributed by atoms with Crippen LogP contribution >= 0.6 is 11.6 Å². The lowest BCUT2D eigenvalue weighted by molar-refractivity contribution is -0.133. The van der Waals surface area contributed by atoms with E-state index < -0.39 is 0 Å². The van der Waals surface area contributed by atoms with Crippen molar-refractivity contribution in [3.63, 3.8) is 0 Å². The number of hydrogen-bond donors (Lipinski definition) is 0. The lowest BCUT2D eigenvalue weighted by Gasteiger charge is -2.36. The Labute approximate surface area is 138 Å². The number of hydrogen-bond acceptors (Lipinski definition) is 3. The molecule has 1 atom stereocenters. The first-order valence-electron chi connectivity index (χ1n) is 8.06. The lowest BCUT2D eigenvalue weighted by Crippen LogP contribution is -2.47. The van der Waals surface area contributed by atoms with Gasteiger partial charge in [0.1, 0.15) is 11.0 Å². The molecule has 1 saturated heterocycles. The molecule has 124 valence electrons. The van der Waals surface area contributed by atoms with Crippen molar-refractivity contribution in [3.05, 3.63) is 17.2 Å². The largest absolute Gasteiger partial charge is 0.341 e. The zero-order chi connectivity index (χ0) is 16.3. The van der Waals surface area contributed by atoms with Crippen LogP contribution in [-0.2, 0) is 11.2 Å². The molecule has 1 unspecified atom stereocenters. The van der Waals surface area contributed by atoms with Crippen LogP contribution in [0.5, 0.6) is 0 Å². The minimum absolute atomic E-state index is 0.223. The molecule has 5 nitrogen and oxygen atoms in total. The van der Waals surface area contributed by atoms with E-state index >= 15 is 0 Å². The van der Waals surface area contributed by atoms with E-state index in [4.69, 9.17) is 11.6 Å². The summed E-state index contributed by atoms with van der Waals surface area (Å²) in [6.45, 7) is 5.87. The van der Waals surface area contributed by atoms with E-state index in [1.165, 1.54) is 6.42 Å². The normalized spacial score (nSPS) is 19.2. The number of aryl methyl sites for hydroxylation is 1. The van der Waals surface area contributed by atoms with Gasteiger partial charge in [-0.25, -0.2) is 4.98 Å². The zero-order valence-electron chi connectivity index (χ0n) is 14.0. The van der Waals surface area contributed by atoms with Gasteiger partial charge < -0.3 is 14.4 Å². The number of imidazole rings is 1. The SMILES string of the molecule is CC(C)n1c(Cl)cnc1CCC(=O)N1CCCC(N(C)C)C1. The Morgan fingerprint density at radius 1 is 1.50 bits per heavy atom. The van der Waals surface area contributed by atoms with Crippen LogP contribution in [0.15, 0.2) is 6.20 Å². The Balaban J connectivity index is 1.93. The van der Waals surface area contributed by atoms with Crippen molar-refractivity contribution < 1.29 is 4.79 Å². The maximum absolute atomic E-state index is 12.5. The molecular weight excluding hydrogens is 300 g/mol. The molecule has 0 aromatic carbocycles. The fourth-order valence-electron chi connectivity index (χ4n) is 3.08. The van der Waals surface area contributed by atoms with Crippen molar-refractivity contribution in [2.24, 2.45) is 0 Å². The molecule has 1 aliphatic rings. The first-order valence-corrected chi connectivity index (χ1v) is 8.43. The number of likely N-dealkylation sites (N-methyl/N-ethyl adjacent to an activating group) is 1. The van der Waals surface area contributed by atoms with E-state index in [1.807, 2.05) is 9.47 Å². The third-order valence-electron chi connectivity index (χ3n) is 4.39. The monoisotopic (exact) mass is 326 g/mol. The number of halogens is 1. The van der Waals surface area contributed by atoms with Gasteiger partial charge in [0.05, 0.1) is 6.20 Å². The van der Waals surface area contributed by atoms with Gasteiger partial charge in [0.2, 0.25) is 5.91 Å². The van der Waals surface area contributed by atoms with Gasteiger partial charge in [-0.2, -0.15) is 0 Å². The van der Waals surface area contributed by atoms with Crippen molar-refractivity contribution in [1.82, 2.24) is 19.4 Å². The van der Waals surface area contributed by atoms with Crippen LogP contribution < -0.4 is 0 Å². The third kappa shape index (κ3) is 4.02. The highest BCUT2D eigenvalue weighted by atomic mass is 35.5. The number of piperidine rings is 1. The predicted octanol–water partition coefficient (Wildman–Crippen LogP) is 2.60. The van der Waals surface area contributed by atoms with Gasteiger partial charge in [-0.15, -0.1) is 0 Å². The molecule has 2 heterocycles. The second kappa shape index (κ2) is 7.47. The summed E-state index contributed by atoms with van der Waals surface area (Å²) in [5.74, 6) is 1.12. The molecule has 0 bridgehead atoms. The first kappa shape index (κ1) is 17.3. The van der Waals surface area contributed by atoms with E-state index in [1.54, 1.807) is 6.20 Å². The molecule has 0 aliphatic carbocycles. The second-order valence-corrected chi connectivity index (χ2v) is 6.95. The Kier molecular flexibility index (Phi) is 5.87. The number of rotatable bonds is 5. The summed E-state index contributed by atoms with van der Waals surface area (Å²) in [5, 5.41) is 0.642. The maximum atomic E-state index is 12.5. The molecule has 1 aliphatic heterocycles. The van der Waals surface area contributed by atoms with Gasteiger partial charge in [0.15, 0.2) is 0 Å². The average Bonchev–Trinajstić information content (AvgIpc) is 2.86. The first-order chi connectivity index (χ1) is 10.4. The van der Waals surface area contributed by atoms with Gasteiger partial charge >= 0.3 is 0 Å². The molecule has 22 heavy (non-hydrogen) atoms. The number of carbonyl (C=O) groups is 1. The van der Waals surface area contributed by atoms with E-state index in [0.717, 1.165) is 25.3 Å². The Morgan fingerprint density at radius 2 is 2.23 bits per heavy atom. The van der Waals surface area contributed by atoms with E-state index in [9.17, 15) is 4.79 Å². The van der Waals surface area contributed by atoms with Crippen LogP contribution in [0.4, 0.5) is 0 Å². The summed E-state index contributed by atoms with van der Waals surface area (Å²) >= 11 is 6.16. The quantitative estimate of drug-likeness (QED) is 0.835. The maximum Gasteiger partial charge on any atom is 0.223 e. The van der Waals surface area contributed by atoms with Crippen LogP contribution in [0.25, 0.3) is 0 Å². The fraction of sp³-hybridized carbons (Fsp3) is 0.750. The van der Waals surface area contributed by atoms with Crippen molar-refractivity contribution in [1.29, 1.82) is 0 Å². The highest BCUT2D eigenvalue weighted by molar-refractivity contribution is 6.29. The van der Waals surface area contributed by atoms with Crippen LogP contribution in [-0.4, -0.2) is 58.5 Å². The van der Waals surface area contributed by atoms with Gasteiger partial charge in [-0.05, 0) is 40.8 Å². The van der Waals surface area contributed by atoms with Crippen LogP contribution in [0.1, 0.15) is 45.0 Å². The van der Waals surface area contributed by atoms with Gasteiger partial charge in [0, 0.05) is 38.0 Å². The average molecular weight is 327 g/mol. The molecule has 0 radical (unpaired) electrons. The number of nitrogens with zero attached hydrogens (tertiary/aromatic N) is 4. The Bertz CT molecular complexity index is 512. The topological polar surface area (TPSA) is 41.4 Å². The summed E-state index contributed by atoms with van der Waals surface area (Å²) in [4.78, 5) is 21.0. The van der Waals surface area contributed by atoms with Crippen molar-refractivity contribution in [2.45, 2.75) is 51.6 Å². The highest BCUT2D eigenvalue weighted by Gasteiger charge is 2.25. The van der Waals surface area contributed by atoms with Crippen molar-refractivity contribution in [2.75, 3.05) is 27.2 Å². The molecule has 1 aromatic rings. The summed E-state index contributed by atoms with van der Waals surface area (Å²) in [5.41, 5.74) is 0. The molecule has 0 spiro atoms. The van der Waals surface area contributed by atoms with Crippen molar-refractivity contribution >= 4 is 17.5 Å². The highest BCUT2D eigenvalue weighted by Crippen LogP contribution is 2.20. The fourth-order valence-corrected chi connectivity index (χ4v) is 3.43. The molecular formula is C16H27ClN4O. The standard InChI is InChI=1S/C16H27ClN4O/c1-12(2)21-14(17)10-18-15(21)7-8-16(22)20-9-5-6-13(11-20)19(3)4/h10,12-13H,5-9,11H2,1-4H3. The Hall–Kier alpha value is -1.07. The minimum atomic E-state index is 0.223. The molecule has 6 heteroatoms. The summed E-state index contributed by atoms with van der Waals surface area (Å²) in [6, 6.07) is 0.734. The third-order valence-corrected chi connectivity index (χ3v) is 4.67. The number of aromatic nitrogens is 2. The molecule has 1 fully saturated rings. The van der Waals surface area contributed by atoms with E-state index in [-0.39, 0.29) is 11.9 Å². The smallest absolute Gasteiger partial charge is 0.223 e.